The summed E-state index contributed by atoms with van der Waals surface area (Å²) in [7, 11) is 0. The molecule has 1 aliphatic rings. The van der Waals surface area contributed by atoms with Crippen LogP contribution in [0.1, 0.15) is 57.1 Å². The molecule has 0 saturated heterocycles. The summed E-state index contributed by atoms with van der Waals surface area (Å²) < 4.78 is 5.91. The van der Waals surface area contributed by atoms with E-state index in [0.717, 1.165) is 38.3 Å². The zero-order valence-corrected chi connectivity index (χ0v) is 16.9. The van der Waals surface area contributed by atoms with Crippen molar-refractivity contribution in [1.82, 2.24) is 0 Å². The SMILES string of the molecule is CCCCCC1CN=C(CCc2ccc(-c3ccc(CC)cc3)cc2)OC1. The van der Waals surface area contributed by atoms with E-state index in [0.29, 0.717) is 5.92 Å². The highest BCUT2D eigenvalue weighted by Gasteiger charge is 2.16. The predicted molar refractivity (Wildman–Crippen MR) is 115 cm³/mol. The molecule has 0 spiro atoms. The first-order valence-electron chi connectivity index (χ1n) is 10.6. The van der Waals surface area contributed by atoms with Gasteiger partial charge in [0.25, 0.3) is 0 Å². The van der Waals surface area contributed by atoms with Crippen LogP contribution in [0.25, 0.3) is 11.1 Å². The third-order valence-electron chi connectivity index (χ3n) is 5.50. The van der Waals surface area contributed by atoms with Crippen LogP contribution in [0.3, 0.4) is 0 Å². The summed E-state index contributed by atoms with van der Waals surface area (Å²) in [6.07, 6.45) is 8.16. The Balaban J connectivity index is 1.47. The molecule has 1 aliphatic heterocycles. The standard InChI is InChI=1S/C25H33NO/c1-3-5-6-7-22-18-26-25(27-19-22)17-12-21-10-15-24(16-11-21)23-13-8-20(4-2)9-14-23/h8-11,13-16,22H,3-7,12,17-19H2,1-2H3. The van der Waals surface area contributed by atoms with Gasteiger partial charge < -0.3 is 4.74 Å². The fraction of sp³-hybridized carbons (Fsp3) is 0.480. The monoisotopic (exact) mass is 363 g/mol. The zero-order chi connectivity index (χ0) is 18.9. The molecule has 0 saturated carbocycles. The number of ether oxygens (including phenoxy) is 1. The highest BCUT2D eigenvalue weighted by molar-refractivity contribution is 5.77. The first kappa shape index (κ1) is 19.7. The van der Waals surface area contributed by atoms with Crippen LogP contribution in [-0.2, 0) is 17.6 Å². The maximum atomic E-state index is 5.91. The van der Waals surface area contributed by atoms with E-state index in [1.54, 1.807) is 0 Å². The molecule has 2 aromatic carbocycles. The van der Waals surface area contributed by atoms with E-state index in [9.17, 15) is 0 Å². The number of rotatable bonds is 9. The highest BCUT2D eigenvalue weighted by Crippen LogP contribution is 2.22. The van der Waals surface area contributed by atoms with Gasteiger partial charge in [-0.1, -0.05) is 81.6 Å². The van der Waals surface area contributed by atoms with Gasteiger partial charge >= 0.3 is 0 Å². The van der Waals surface area contributed by atoms with Gasteiger partial charge in [-0.25, -0.2) is 0 Å². The zero-order valence-electron chi connectivity index (χ0n) is 16.9. The van der Waals surface area contributed by atoms with Gasteiger partial charge in [0.05, 0.1) is 6.61 Å². The minimum atomic E-state index is 0.624. The third-order valence-corrected chi connectivity index (χ3v) is 5.50. The maximum Gasteiger partial charge on any atom is 0.183 e. The summed E-state index contributed by atoms with van der Waals surface area (Å²) >= 11 is 0. The Morgan fingerprint density at radius 3 is 2.07 bits per heavy atom. The molecule has 1 atom stereocenters. The fourth-order valence-electron chi connectivity index (χ4n) is 3.60. The number of aliphatic imine (C=N–C) groups is 1. The molecular formula is C25H33NO. The third kappa shape index (κ3) is 5.95. The van der Waals surface area contributed by atoms with Gasteiger partial charge in [0, 0.05) is 18.9 Å². The number of unbranched alkanes of at least 4 members (excludes halogenated alkanes) is 2. The second-order valence-electron chi connectivity index (χ2n) is 7.65. The molecule has 0 amide bonds. The summed E-state index contributed by atoms with van der Waals surface area (Å²) in [5, 5.41) is 0. The molecule has 27 heavy (non-hydrogen) atoms. The van der Waals surface area contributed by atoms with Crippen molar-refractivity contribution in [3.8, 4) is 11.1 Å². The maximum absolute atomic E-state index is 5.91. The van der Waals surface area contributed by atoms with E-state index in [-0.39, 0.29) is 0 Å². The van der Waals surface area contributed by atoms with Crippen molar-refractivity contribution in [2.45, 2.75) is 58.8 Å². The van der Waals surface area contributed by atoms with Gasteiger partial charge in [0.1, 0.15) is 0 Å². The molecular weight excluding hydrogens is 330 g/mol. The lowest BCUT2D eigenvalue weighted by molar-refractivity contribution is 0.204. The normalized spacial score (nSPS) is 16.7. The summed E-state index contributed by atoms with van der Waals surface area (Å²) in [6, 6.07) is 17.8. The molecule has 0 aliphatic carbocycles. The molecule has 0 bridgehead atoms. The minimum absolute atomic E-state index is 0.624. The van der Waals surface area contributed by atoms with Gasteiger partial charge in [-0.3, -0.25) is 4.99 Å². The largest absolute Gasteiger partial charge is 0.481 e. The first-order valence-corrected chi connectivity index (χ1v) is 10.6. The molecule has 2 aromatic rings. The lowest BCUT2D eigenvalue weighted by atomic mass is 10.00. The van der Waals surface area contributed by atoms with E-state index in [1.807, 2.05) is 0 Å². The molecule has 0 fully saturated rings. The second-order valence-corrected chi connectivity index (χ2v) is 7.65. The quantitative estimate of drug-likeness (QED) is 0.468. The predicted octanol–water partition coefficient (Wildman–Crippen LogP) is 6.47. The van der Waals surface area contributed by atoms with Crippen molar-refractivity contribution in [2.75, 3.05) is 13.2 Å². The topological polar surface area (TPSA) is 21.6 Å². The molecule has 0 N–H and O–H groups in total. The number of nitrogens with zero attached hydrogens (tertiary/aromatic N) is 1. The Morgan fingerprint density at radius 2 is 1.52 bits per heavy atom. The van der Waals surface area contributed by atoms with Gasteiger partial charge in [0.15, 0.2) is 5.90 Å². The Hall–Kier alpha value is -2.09. The van der Waals surface area contributed by atoms with Crippen molar-refractivity contribution in [2.24, 2.45) is 10.9 Å². The van der Waals surface area contributed by atoms with Crippen molar-refractivity contribution < 1.29 is 4.74 Å². The van der Waals surface area contributed by atoms with Crippen LogP contribution < -0.4 is 0 Å². The minimum Gasteiger partial charge on any atom is -0.481 e. The molecule has 0 aromatic heterocycles. The first-order chi connectivity index (χ1) is 13.3. The van der Waals surface area contributed by atoms with Crippen LogP contribution in [0, 0.1) is 5.92 Å². The van der Waals surface area contributed by atoms with Crippen LogP contribution in [0.5, 0.6) is 0 Å². The van der Waals surface area contributed by atoms with Gasteiger partial charge in [-0.05, 0) is 41.5 Å². The smallest absolute Gasteiger partial charge is 0.183 e. The molecule has 2 heteroatoms. The average molecular weight is 364 g/mol. The van der Waals surface area contributed by atoms with Gasteiger partial charge in [-0.15, -0.1) is 0 Å². The van der Waals surface area contributed by atoms with E-state index in [4.69, 9.17) is 4.74 Å². The highest BCUT2D eigenvalue weighted by atomic mass is 16.5. The molecule has 2 nitrogen and oxygen atoms in total. The Bertz CT molecular complexity index is 715. The van der Waals surface area contributed by atoms with E-state index < -0.39 is 0 Å². The number of benzene rings is 2. The molecule has 0 radical (unpaired) electrons. The molecule has 1 heterocycles. The summed E-state index contributed by atoms with van der Waals surface area (Å²) in [4.78, 5) is 4.68. The number of aryl methyl sites for hydroxylation is 2. The summed E-state index contributed by atoms with van der Waals surface area (Å²) in [5.41, 5.74) is 5.30. The van der Waals surface area contributed by atoms with Crippen LogP contribution in [0.2, 0.25) is 0 Å². The lowest BCUT2D eigenvalue weighted by Crippen LogP contribution is -2.23. The van der Waals surface area contributed by atoms with Crippen LogP contribution in [0.15, 0.2) is 53.5 Å². The second kappa shape index (κ2) is 10.3. The van der Waals surface area contributed by atoms with E-state index in [2.05, 4.69) is 67.4 Å². The molecule has 1 unspecified atom stereocenters. The Morgan fingerprint density at radius 1 is 0.852 bits per heavy atom. The Labute approximate surface area is 164 Å². The van der Waals surface area contributed by atoms with Gasteiger partial charge in [-0.2, -0.15) is 0 Å². The van der Waals surface area contributed by atoms with Crippen molar-refractivity contribution >= 4 is 5.90 Å². The van der Waals surface area contributed by atoms with Crippen molar-refractivity contribution in [3.05, 3.63) is 59.7 Å². The van der Waals surface area contributed by atoms with Crippen molar-refractivity contribution in [1.29, 1.82) is 0 Å². The van der Waals surface area contributed by atoms with E-state index >= 15 is 0 Å². The summed E-state index contributed by atoms with van der Waals surface area (Å²) in [6.45, 7) is 6.25. The van der Waals surface area contributed by atoms with Crippen LogP contribution >= 0.6 is 0 Å². The van der Waals surface area contributed by atoms with E-state index in [1.165, 1.54) is 47.9 Å². The van der Waals surface area contributed by atoms with Gasteiger partial charge in [0.2, 0.25) is 0 Å². The lowest BCUT2D eigenvalue weighted by Gasteiger charge is -2.22. The van der Waals surface area contributed by atoms with Crippen LogP contribution in [0.4, 0.5) is 0 Å². The Kier molecular flexibility index (Phi) is 7.50. The molecule has 144 valence electrons. The van der Waals surface area contributed by atoms with Crippen LogP contribution in [-0.4, -0.2) is 19.0 Å². The fourth-order valence-corrected chi connectivity index (χ4v) is 3.60. The van der Waals surface area contributed by atoms with Crippen molar-refractivity contribution in [3.63, 3.8) is 0 Å². The number of hydrogen-bond donors (Lipinski definition) is 0. The number of hydrogen-bond acceptors (Lipinski definition) is 2. The molecule has 3 rings (SSSR count). The summed E-state index contributed by atoms with van der Waals surface area (Å²) in [5.74, 6) is 1.57. The average Bonchev–Trinajstić information content (AvgIpc) is 2.74.